The SMILES string of the molecule is CCNC(=O)[C@H](C)NC(=O)CN1CCN(Cc2cc(F)ccc2OC)CC1. The first-order chi connectivity index (χ1) is 12.9. The van der Waals surface area contributed by atoms with Crippen molar-refractivity contribution in [1.82, 2.24) is 20.4 Å². The average molecular weight is 380 g/mol. The number of piperazine rings is 1. The number of hydrogen-bond donors (Lipinski definition) is 2. The van der Waals surface area contributed by atoms with Crippen LogP contribution in [0.15, 0.2) is 18.2 Å². The van der Waals surface area contributed by atoms with Crippen molar-refractivity contribution < 1.29 is 18.7 Å². The quantitative estimate of drug-likeness (QED) is 0.691. The van der Waals surface area contributed by atoms with Gasteiger partial charge >= 0.3 is 0 Å². The van der Waals surface area contributed by atoms with Gasteiger partial charge in [0.2, 0.25) is 11.8 Å². The Labute approximate surface area is 159 Å². The Hall–Kier alpha value is -2.19. The number of halogens is 1. The minimum atomic E-state index is -0.542. The van der Waals surface area contributed by atoms with Crippen molar-refractivity contribution in [2.24, 2.45) is 0 Å². The molecule has 1 saturated heterocycles. The maximum atomic E-state index is 13.5. The number of hydrogen-bond acceptors (Lipinski definition) is 5. The van der Waals surface area contributed by atoms with E-state index < -0.39 is 6.04 Å². The Kier molecular flexibility index (Phi) is 7.99. The molecule has 1 aromatic rings. The number of nitrogens with zero attached hydrogens (tertiary/aromatic N) is 2. The number of benzene rings is 1. The Balaban J connectivity index is 1.78. The average Bonchev–Trinajstić information content (AvgIpc) is 2.63. The van der Waals surface area contributed by atoms with Crippen molar-refractivity contribution in [3.63, 3.8) is 0 Å². The van der Waals surface area contributed by atoms with E-state index >= 15 is 0 Å². The highest BCUT2D eigenvalue weighted by Crippen LogP contribution is 2.21. The molecule has 8 heteroatoms. The summed E-state index contributed by atoms with van der Waals surface area (Å²) in [5, 5.41) is 5.41. The summed E-state index contributed by atoms with van der Waals surface area (Å²) < 4.78 is 18.8. The summed E-state index contributed by atoms with van der Waals surface area (Å²) in [6, 6.07) is 3.99. The molecule has 1 heterocycles. The highest BCUT2D eigenvalue weighted by Gasteiger charge is 2.22. The van der Waals surface area contributed by atoms with Gasteiger partial charge in [0.1, 0.15) is 17.6 Å². The van der Waals surface area contributed by atoms with Crippen molar-refractivity contribution in [3.8, 4) is 5.75 Å². The van der Waals surface area contributed by atoms with Crippen LogP contribution >= 0.6 is 0 Å². The summed E-state index contributed by atoms with van der Waals surface area (Å²) in [5.41, 5.74) is 0.819. The summed E-state index contributed by atoms with van der Waals surface area (Å²) in [6.07, 6.45) is 0. The van der Waals surface area contributed by atoms with Gasteiger partial charge in [0.05, 0.1) is 13.7 Å². The summed E-state index contributed by atoms with van der Waals surface area (Å²) in [4.78, 5) is 28.1. The Morgan fingerprint density at radius 3 is 2.52 bits per heavy atom. The van der Waals surface area contributed by atoms with Crippen molar-refractivity contribution in [1.29, 1.82) is 0 Å². The molecular formula is C19H29FN4O3. The molecule has 2 amide bonds. The molecule has 0 unspecified atom stereocenters. The molecule has 1 atom stereocenters. The molecule has 2 rings (SSSR count). The van der Waals surface area contributed by atoms with Gasteiger partial charge in [0, 0.05) is 44.8 Å². The highest BCUT2D eigenvalue weighted by molar-refractivity contribution is 5.87. The van der Waals surface area contributed by atoms with Gasteiger partial charge in [-0.15, -0.1) is 0 Å². The normalized spacial score (nSPS) is 16.6. The van der Waals surface area contributed by atoms with Crippen LogP contribution in [0.4, 0.5) is 4.39 Å². The molecule has 7 nitrogen and oxygen atoms in total. The predicted octanol–water partition coefficient (Wildman–Crippen LogP) is 0.593. The number of ether oxygens (including phenoxy) is 1. The molecule has 0 radical (unpaired) electrons. The second kappa shape index (κ2) is 10.2. The fourth-order valence-corrected chi connectivity index (χ4v) is 3.10. The van der Waals surface area contributed by atoms with E-state index in [1.54, 1.807) is 20.1 Å². The second-order valence-electron chi connectivity index (χ2n) is 6.69. The van der Waals surface area contributed by atoms with Gasteiger partial charge in [-0.2, -0.15) is 0 Å². The molecule has 0 aliphatic carbocycles. The third-order valence-corrected chi connectivity index (χ3v) is 4.59. The number of methoxy groups -OCH3 is 1. The van der Waals surface area contributed by atoms with E-state index in [-0.39, 0.29) is 24.2 Å². The zero-order valence-corrected chi connectivity index (χ0v) is 16.3. The summed E-state index contributed by atoms with van der Waals surface area (Å²) in [6.45, 7) is 7.95. The molecule has 0 spiro atoms. The lowest BCUT2D eigenvalue weighted by molar-refractivity contribution is -0.129. The largest absolute Gasteiger partial charge is 0.496 e. The minimum Gasteiger partial charge on any atom is -0.496 e. The molecule has 1 fully saturated rings. The first kappa shape index (κ1) is 21.1. The fourth-order valence-electron chi connectivity index (χ4n) is 3.10. The van der Waals surface area contributed by atoms with Crippen molar-refractivity contribution >= 4 is 11.8 Å². The number of likely N-dealkylation sites (N-methyl/N-ethyl adjacent to an activating group) is 1. The van der Waals surface area contributed by atoms with Crippen LogP contribution in [-0.4, -0.2) is 74.0 Å². The Morgan fingerprint density at radius 2 is 1.89 bits per heavy atom. The molecule has 0 bridgehead atoms. The Morgan fingerprint density at radius 1 is 1.22 bits per heavy atom. The van der Waals surface area contributed by atoms with Crippen LogP contribution in [0.25, 0.3) is 0 Å². The third-order valence-electron chi connectivity index (χ3n) is 4.59. The fraction of sp³-hybridized carbons (Fsp3) is 0.579. The predicted molar refractivity (Wildman–Crippen MR) is 101 cm³/mol. The summed E-state index contributed by atoms with van der Waals surface area (Å²) in [7, 11) is 1.58. The van der Waals surface area contributed by atoms with Gasteiger partial charge in [0.25, 0.3) is 0 Å². The molecule has 150 valence electrons. The number of amides is 2. The first-order valence-corrected chi connectivity index (χ1v) is 9.27. The van der Waals surface area contributed by atoms with E-state index in [0.29, 0.717) is 18.8 Å². The van der Waals surface area contributed by atoms with Gasteiger partial charge in [0.15, 0.2) is 0 Å². The van der Waals surface area contributed by atoms with Crippen LogP contribution < -0.4 is 15.4 Å². The van der Waals surface area contributed by atoms with Crippen molar-refractivity contribution in [2.75, 3.05) is 46.4 Å². The maximum absolute atomic E-state index is 13.5. The van der Waals surface area contributed by atoms with Gasteiger partial charge in [-0.3, -0.25) is 19.4 Å². The van der Waals surface area contributed by atoms with Gasteiger partial charge in [-0.05, 0) is 32.0 Å². The van der Waals surface area contributed by atoms with Gasteiger partial charge in [-0.25, -0.2) is 4.39 Å². The van der Waals surface area contributed by atoms with E-state index in [2.05, 4.69) is 20.4 Å². The van der Waals surface area contributed by atoms with E-state index in [1.807, 2.05) is 6.92 Å². The lowest BCUT2D eigenvalue weighted by Crippen LogP contribution is -2.51. The Bertz CT molecular complexity index is 648. The first-order valence-electron chi connectivity index (χ1n) is 9.27. The molecule has 2 N–H and O–H groups in total. The molecule has 0 saturated carbocycles. The highest BCUT2D eigenvalue weighted by atomic mass is 19.1. The molecule has 0 aromatic heterocycles. The third kappa shape index (κ3) is 6.48. The van der Waals surface area contributed by atoms with E-state index in [9.17, 15) is 14.0 Å². The van der Waals surface area contributed by atoms with Crippen LogP contribution in [-0.2, 0) is 16.1 Å². The molecule has 1 aliphatic heterocycles. The second-order valence-corrected chi connectivity index (χ2v) is 6.69. The lowest BCUT2D eigenvalue weighted by Gasteiger charge is -2.34. The topological polar surface area (TPSA) is 73.9 Å². The molecule has 27 heavy (non-hydrogen) atoms. The smallest absolute Gasteiger partial charge is 0.242 e. The molecule has 1 aromatic carbocycles. The van der Waals surface area contributed by atoms with Crippen molar-refractivity contribution in [3.05, 3.63) is 29.6 Å². The molecule has 1 aliphatic rings. The lowest BCUT2D eigenvalue weighted by atomic mass is 10.1. The maximum Gasteiger partial charge on any atom is 0.242 e. The monoisotopic (exact) mass is 380 g/mol. The van der Waals surface area contributed by atoms with Crippen LogP contribution in [0, 0.1) is 5.82 Å². The van der Waals surface area contributed by atoms with E-state index in [4.69, 9.17) is 4.74 Å². The van der Waals surface area contributed by atoms with E-state index in [0.717, 1.165) is 31.7 Å². The number of rotatable bonds is 8. The van der Waals surface area contributed by atoms with Gasteiger partial charge in [-0.1, -0.05) is 0 Å². The van der Waals surface area contributed by atoms with E-state index in [1.165, 1.54) is 12.1 Å². The van der Waals surface area contributed by atoms with Crippen LogP contribution in [0.1, 0.15) is 19.4 Å². The molecular weight excluding hydrogens is 351 g/mol. The number of carbonyl (C=O) groups excluding carboxylic acids is 2. The summed E-state index contributed by atoms with van der Waals surface area (Å²) >= 11 is 0. The van der Waals surface area contributed by atoms with Crippen LogP contribution in [0.2, 0.25) is 0 Å². The number of carbonyl (C=O) groups is 2. The van der Waals surface area contributed by atoms with Crippen molar-refractivity contribution in [2.45, 2.75) is 26.4 Å². The zero-order valence-electron chi connectivity index (χ0n) is 16.3. The van der Waals surface area contributed by atoms with Crippen LogP contribution in [0.3, 0.4) is 0 Å². The standard InChI is InChI=1S/C19H29FN4O3/c1-4-21-19(26)14(2)22-18(25)13-24-9-7-23(8-10-24)12-15-11-16(20)5-6-17(15)27-3/h5-6,11,14H,4,7-10,12-13H2,1-3H3,(H,21,26)(H,22,25)/t14-/m0/s1. The summed E-state index contributed by atoms with van der Waals surface area (Å²) in [5.74, 6) is 0.0635. The van der Waals surface area contributed by atoms with Gasteiger partial charge < -0.3 is 15.4 Å². The minimum absolute atomic E-state index is 0.158. The van der Waals surface area contributed by atoms with Crippen LogP contribution in [0.5, 0.6) is 5.75 Å². The zero-order chi connectivity index (χ0) is 19.8. The number of nitrogens with one attached hydrogen (secondary N) is 2.